The van der Waals surface area contributed by atoms with Gasteiger partial charge in [-0.05, 0) is 64.6 Å². The van der Waals surface area contributed by atoms with Gasteiger partial charge in [0.1, 0.15) is 12.4 Å². The van der Waals surface area contributed by atoms with Crippen molar-refractivity contribution >= 4 is 40.6 Å². The maximum Gasteiger partial charge on any atom is 0.254 e. The van der Waals surface area contributed by atoms with Crippen LogP contribution in [0.5, 0.6) is 5.75 Å². The van der Waals surface area contributed by atoms with Crippen LogP contribution in [0.4, 0.5) is 0 Å². The second kappa shape index (κ2) is 6.30. The molecule has 25 heavy (non-hydrogen) atoms. The number of hydrazone groups is 1. The molecule has 4 atom stereocenters. The Kier molecular flexibility index (Phi) is 4.12. The Hall–Kier alpha value is -2.14. The number of carbonyl (C=O) groups is 2. The summed E-state index contributed by atoms with van der Waals surface area (Å²) in [7, 11) is 0. The lowest BCUT2D eigenvalue weighted by atomic mass is 9.85. The van der Waals surface area contributed by atoms with Gasteiger partial charge in [0.05, 0.1) is 21.6 Å². The normalized spacial score (nSPS) is 29.5. The van der Waals surface area contributed by atoms with Gasteiger partial charge >= 0.3 is 0 Å². The molecule has 4 unspecified atom stereocenters. The van der Waals surface area contributed by atoms with Gasteiger partial charge in [-0.2, -0.15) is 10.1 Å². The summed E-state index contributed by atoms with van der Waals surface area (Å²) < 4.78 is 6.30. The van der Waals surface area contributed by atoms with Crippen molar-refractivity contribution in [3.63, 3.8) is 0 Å². The number of amides is 2. The van der Waals surface area contributed by atoms with Gasteiger partial charge in [0.15, 0.2) is 0 Å². The summed E-state index contributed by atoms with van der Waals surface area (Å²) in [6, 6.07) is 5.48. The van der Waals surface area contributed by atoms with E-state index >= 15 is 0 Å². The minimum absolute atomic E-state index is 0.174. The van der Waals surface area contributed by atoms with Crippen LogP contribution in [0.1, 0.15) is 12.0 Å². The van der Waals surface area contributed by atoms with Gasteiger partial charge in [-0.25, -0.2) is 0 Å². The van der Waals surface area contributed by atoms with Crippen LogP contribution in [0, 0.1) is 39.6 Å². The van der Waals surface area contributed by atoms with E-state index in [4.69, 9.17) is 11.2 Å². The number of hydrogen-bond donors (Lipinski definition) is 0. The summed E-state index contributed by atoms with van der Waals surface area (Å²) in [6.45, 7) is 0.208. The zero-order chi connectivity index (χ0) is 17.6. The molecular formula is C19H15IN2O3. The van der Waals surface area contributed by atoms with E-state index in [0.29, 0.717) is 5.75 Å². The number of terminal acetylenes is 1. The zero-order valence-electron chi connectivity index (χ0n) is 13.3. The minimum Gasteiger partial charge on any atom is -0.480 e. The molecule has 1 saturated heterocycles. The molecule has 4 rings (SSSR count). The third kappa shape index (κ3) is 2.67. The third-order valence-corrected chi connectivity index (χ3v) is 5.88. The molecular weight excluding hydrogens is 431 g/mol. The fourth-order valence-electron chi connectivity index (χ4n) is 3.96. The SMILES string of the molecule is C#CCOc1ccc(C=NN2C(=O)C3C4C=CC(C4)C3C2=O)cc1I. The topological polar surface area (TPSA) is 59.0 Å². The molecule has 1 saturated carbocycles. The van der Waals surface area contributed by atoms with Gasteiger partial charge in [0, 0.05) is 0 Å². The minimum atomic E-state index is -0.223. The molecule has 2 amide bonds. The average molecular weight is 446 g/mol. The Labute approximate surface area is 159 Å². The Morgan fingerprint density at radius 1 is 1.28 bits per heavy atom. The van der Waals surface area contributed by atoms with Gasteiger partial charge in [0.25, 0.3) is 11.8 Å². The maximum absolute atomic E-state index is 12.6. The molecule has 0 aromatic heterocycles. The van der Waals surface area contributed by atoms with Crippen LogP contribution in [-0.2, 0) is 9.59 Å². The van der Waals surface area contributed by atoms with Crippen molar-refractivity contribution in [1.29, 1.82) is 0 Å². The van der Waals surface area contributed by atoms with Crippen LogP contribution in [-0.4, -0.2) is 29.6 Å². The second-order valence-electron chi connectivity index (χ2n) is 6.42. The summed E-state index contributed by atoms with van der Waals surface area (Å²) >= 11 is 2.15. The summed E-state index contributed by atoms with van der Waals surface area (Å²) in [4.78, 5) is 25.1. The molecule has 5 nitrogen and oxygen atoms in total. The third-order valence-electron chi connectivity index (χ3n) is 5.04. The Morgan fingerprint density at radius 3 is 2.56 bits per heavy atom. The lowest BCUT2D eigenvalue weighted by molar-refractivity contribution is -0.140. The van der Waals surface area contributed by atoms with Crippen molar-refractivity contribution in [2.45, 2.75) is 6.42 Å². The number of ether oxygens (including phenoxy) is 1. The molecule has 0 radical (unpaired) electrons. The van der Waals surface area contributed by atoms with Crippen LogP contribution in [0.3, 0.4) is 0 Å². The van der Waals surface area contributed by atoms with Gasteiger partial charge in [-0.15, -0.1) is 6.42 Å². The predicted molar refractivity (Wildman–Crippen MR) is 101 cm³/mol. The van der Waals surface area contributed by atoms with Crippen molar-refractivity contribution in [2.24, 2.45) is 28.8 Å². The highest BCUT2D eigenvalue weighted by Crippen LogP contribution is 2.52. The first-order valence-corrected chi connectivity index (χ1v) is 9.14. The van der Waals surface area contributed by atoms with E-state index in [1.165, 1.54) is 0 Å². The smallest absolute Gasteiger partial charge is 0.254 e. The molecule has 6 heteroatoms. The first-order valence-electron chi connectivity index (χ1n) is 8.06. The van der Waals surface area contributed by atoms with E-state index in [9.17, 15) is 9.59 Å². The number of imide groups is 1. The number of benzene rings is 1. The summed E-state index contributed by atoms with van der Waals surface area (Å²) in [6.07, 6.45) is 11.8. The highest BCUT2D eigenvalue weighted by atomic mass is 127. The van der Waals surface area contributed by atoms with Crippen molar-refractivity contribution in [2.75, 3.05) is 6.61 Å². The van der Waals surface area contributed by atoms with Crippen LogP contribution < -0.4 is 4.74 Å². The van der Waals surface area contributed by atoms with Crippen molar-refractivity contribution < 1.29 is 14.3 Å². The first kappa shape index (κ1) is 16.3. The number of rotatable bonds is 4. The van der Waals surface area contributed by atoms with E-state index in [2.05, 4.69) is 45.8 Å². The number of hydrogen-bond acceptors (Lipinski definition) is 4. The van der Waals surface area contributed by atoms with Gasteiger partial charge in [-0.1, -0.05) is 18.1 Å². The molecule has 3 aliphatic rings. The standard InChI is InChI=1S/C19H15IN2O3/c1-2-7-25-15-6-3-11(8-14(15)20)10-21-22-18(23)16-12-4-5-13(9-12)17(16)19(22)24/h1,3-6,8,10,12-13,16-17H,7,9H2. The predicted octanol–water partition coefficient (Wildman–Crippen LogP) is 2.44. The van der Waals surface area contributed by atoms with Crippen molar-refractivity contribution in [1.82, 2.24) is 5.01 Å². The van der Waals surface area contributed by atoms with Crippen LogP contribution >= 0.6 is 22.6 Å². The molecule has 1 heterocycles. The fourth-order valence-corrected chi connectivity index (χ4v) is 4.65. The lowest BCUT2D eigenvalue weighted by Gasteiger charge is -2.13. The number of carbonyl (C=O) groups excluding carboxylic acids is 2. The number of fused-ring (bicyclic) bond motifs is 5. The number of allylic oxidation sites excluding steroid dienone is 2. The summed E-state index contributed by atoms with van der Waals surface area (Å²) in [5.41, 5.74) is 0.788. The molecule has 2 fully saturated rings. The first-order chi connectivity index (χ1) is 12.1. The molecule has 1 aromatic rings. The monoisotopic (exact) mass is 446 g/mol. The Balaban J connectivity index is 1.51. The highest BCUT2D eigenvalue weighted by molar-refractivity contribution is 14.1. The van der Waals surface area contributed by atoms with Crippen LogP contribution in [0.25, 0.3) is 0 Å². The number of halogens is 1. The maximum atomic E-state index is 12.6. The van der Waals surface area contributed by atoms with E-state index in [1.54, 1.807) is 12.3 Å². The molecule has 0 N–H and O–H groups in total. The number of nitrogens with zero attached hydrogens (tertiary/aromatic N) is 2. The van der Waals surface area contributed by atoms with Gasteiger partial charge in [0.2, 0.25) is 0 Å². The molecule has 2 bridgehead atoms. The molecule has 126 valence electrons. The largest absolute Gasteiger partial charge is 0.480 e. The highest BCUT2D eigenvalue weighted by Gasteiger charge is 2.59. The molecule has 1 aliphatic heterocycles. The van der Waals surface area contributed by atoms with Crippen LogP contribution in [0.2, 0.25) is 0 Å². The quantitative estimate of drug-likeness (QED) is 0.235. The molecule has 0 spiro atoms. The lowest BCUT2D eigenvalue weighted by Crippen LogP contribution is -2.28. The van der Waals surface area contributed by atoms with Crippen molar-refractivity contribution in [3.05, 3.63) is 39.5 Å². The zero-order valence-corrected chi connectivity index (χ0v) is 15.4. The second-order valence-corrected chi connectivity index (χ2v) is 7.58. The fraction of sp³-hybridized carbons (Fsp3) is 0.316. The van der Waals surface area contributed by atoms with Gasteiger partial charge in [-0.3, -0.25) is 9.59 Å². The Morgan fingerprint density at radius 2 is 1.96 bits per heavy atom. The summed E-state index contributed by atoms with van der Waals surface area (Å²) in [5, 5.41) is 5.23. The average Bonchev–Trinajstić information content (AvgIpc) is 3.27. The van der Waals surface area contributed by atoms with E-state index in [-0.39, 0.29) is 42.1 Å². The molecule has 2 aliphatic carbocycles. The van der Waals surface area contributed by atoms with Crippen LogP contribution in [0.15, 0.2) is 35.5 Å². The van der Waals surface area contributed by atoms with Crippen molar-refractivity contribution in [3.8, 4) is 18.1 Å². The van der Waals surface area contributed by atoms with E-state index in [1.807, 2.05) is 12.1 Å². The van der Waals surface area contributed by atoms with Gasteiger partial charge < -0.3 is 4.74 Å². The molecule has 1 aromatic carbocycles. The van der Waals surface area contributed by atoms with E-state index < -0.39 is 0 Å². The summed E-state index contributed by atoms with van der Waals surface area (Å²) in [5.74, 6) is 2.71. The Bertz CT molecular complexity index is 825. The van der Waals surface area contributed by atoms with E-state index in [0.717, 1.165) is 20.6 Å².